The zero-order valence-electron chi connectivity index (χ0n) is 12.6. The van der Waals surface area contributed by atoms with Gasteiger partial charge in [-0.2, -0.15) is 0 Å². The molecule has 0 saturated carbocycles. The van der Waals surface area contributed by atoms with Crippen molar-refractivity contribution in [2.24, 2.45) is 5.92 Å². The fourth-order valence-corrected chi connectivity index (χ4v) is 3.67. The topological polar surface area (TPSA) is 28.9 Å². The normalized spacial score (nSPS) is 31.4. The lowest BCUT2D eigenvalue weighted by molar-refractivity contribution is -0.111. The molecule has 2 aliphatic heterocycles. The molecule has 4 nitrogen and oxygen atoms in total. The minimum absolute atomic E-state index is 0.395. The van der Waals surface area contributed by atoms with Crippen molar-refractivity contribution in [2.75, 3.05) is 33.3 Å². The highest BCUT2D eigenvalue weighted by Crippen LogP contribution is 2.31. The summed E-state index contributed by atoms with van der Waals surface area (Å²) < 4.78 is 11.6. The van der Waals surface area contributed by atoms with Gasteiger partial charge < -0.3 is 14.1 Å². The Morgan fingerprint density at radius 2 is 2.30 bits per heavy atom. The maximum atomic E-state index is 6.13. The molecule has 0 aromatic carbocycles. The summed E-state index contributed by atoms with van der Waals surface area (Å²) in [6.07, 6.45) is 4.67. The van der Waals surface area contributed by atoms with Gasteiger partial charge in [0.05, 0.1) is 18.9 Å². The van der Waals surface area contributed by atoms with Gasteiger partial charge >= 0.3 is 0 Å². The molecule has 0 radical (unpaired) electrons. The average molecular weight is 278 g/mol. The zero-order valence-corrected chi connectivity index (χ0v) is 12.6. The Bertz CT molecular complexity index is 407. The number of likely N-dealkylation sites (tertiary alicyclic amines) is 1. The van der Waals surface area contributed by atoms with E-state index in [0.29, 0.717) is 18.1 Å². The Kier molecular flexibility index (Phi) is 4.44. The minimum Gasteiger partial charge on any atom is -0.468 e. The summed E-state index contributed by atoms with van der Waals surface area (Å²) in [6.45, 7) is 7.49. The van der Waals surface area contributed by atoms with Crippen molar-refractivity contribution in [3.8, 4) is 0 Å². The molecule has 1 aromatic heterocycles. The van der Waals surface area contributed by atoms with Crippen LogP contribution in [0.15, 0.2) is 22.8 Å². The summed E-state index contributed by atoms with van der Waals surface area (Å²) in [5.74, 6) is 1.73. The first-order valence-corrected chi connectivity index (χ1v) is 7.84. The molecule has 0 spiro atoms. The molecule has 2 saturated heterocycles. The van der Waals surface area contributed by atoms with Gasteiger partial charge in [-0.1, -0.05) is 6.92 Å². The lowest BCUT2D eigenvalue weighted by Crippen LogP contribution is -2.60. The minimum atomic E-state index is 0.395. The van der Waals surface area contributed by atoms with E-state index in [-0.39, 0.29) is 0 Å². The van der Waals surface area contributed by atoms with Crippen LogP contribution in [0.25, 0.3) is 0 Å². The van der Waals surface area contributed by atoms with Gasteiger partial charge in [0.25, 0.3) is 0 Å². The van der Waals surface area contributed by atoms with Crippen molar-refractivity contribution in [1.82, 2.24) is 9.80 Å². The molecule has 3 atom stereocenters. The van der Waals surface area contributed by atoms with Gasteiger partial charge in [-0.25, -0.2) is 0 Å². The number of ether oxygens (including phenoxy) is 1. The highest BCUT2D eigenvalue weighted by molar-refractivity contribution is 5.00. The SMILES string of the molecule is CCN1C[C@H]2CCCO[C@H]2[C@H](N(C)Cc2ccco2)C1. The fraction of sp³-hybridized carbons (Fsp3) is 0.750. The number of furan rings is 1. The Hall–Kier alpha value is -0.840. The molecular formula is C16H26N2O2. The highest BCUT2D eigenvalue weighted by Gasteiger charge is 2.40. The van der Waals surface area contributed by atoms with E-state index in [4.69, 9.17) is 9.15 Å². The first-order valence-electron chi connectivity index (χ1n) is 7.84. The van der Waals surface area contributed by atoms with E-state index in [1.165, 1.54) is 19.4 Å². The number of fused-ring (bicyclic) bond motifs is 1. The molecule has 2 fully saturated rings. The first kappa shape index (κ1) is 14.1. The standard InChI is InChI=1S/C16H26N2O2/c1-3-18-10-13-6-4-9-20-16(13)15(12-18)17(2)11-14-7-5-8-19-14/h5,7-8,13,15-16H,3-4,6,9-12H2,1-2H3/t13-,15-,16-/m1/s1. The van der Waals surface area contributed by atoms with E-state index in [1.807, 2.05) is 6.07 Å². The summed E-state index contributed by atoms with van der Waals surface area (Å²) in [6, 6.07) is 4.48. The van der Waals surface area contributed by atoms with E-state index in [1.54, 1.807) is 6.26 Å². The van der Waals surface area contributed by atoms with Crippen molar-refractivity contribution in [3.63, 3.8) is 0 Å². The van der Waals surface area contributed by atoms with Gasteiger partial charge in [-0.05, 0) is 44.5 Å². The lowest BCUT2D eigenvalue weighted by Gasteiger charge is -2.48. The van der Waals surface area contributed by atoms with Crippen LogP contribution in [-0.4, -0.2) is 55.2 Å². The first-order chi connectivity index (χ1) is 9.78. The van der Waals surface area contributed by atoms with Crippen molar-refractivity contribution >= 4 is 0 Å². The number of piperidine rings is 1. The Morgan fingerprint density at radius 3 is 3.05 bits per heavy atom. The molecule has 112 valence electrons. The van der Waals surface area contributed by atoms with Gasteiger partial charge in [-0.3, -0.25) is 4.90 Å². The smallest absolute Gasteiger partial charge is 0.117 e. The number of hydrogen-bond acceptors (Lipinski definition) is 4. The second-order valence-electron chi connectivity index (χ2n) is 6.15. The fourth-order valence-electron chi connectivity index (χ4n) is 3.67. The highest BCUT2D eigenvalue weighted by atomic mass is 16.5. The zero-order chi connectivity index (χ0) is 13.9. The Morgan fingerprint density at radius 1 is 1.40 bits per heavy atom. The quantitative estimate of drug-likeness (QED) is 0.844. The van der Waals surface area contributed by atoms with Crippen LogP contribution in [-0.2, 0) is 11.3 Å². The maximum absolute atomic E-state index is 6.13. The molecule has 2 aliphatic rings. The number of nitrogens with zero attached hydrogens (tertiary/aromatic N) is 2. The summed E-state index contributed by atoms with van der Waals surface area (Å²) in [4.78, 5) is 4.97. The van der Waals surface area contributed by atoms with Crippen molar-refractivity contribution in [2.45, 2.75) is 38.5 Å². The molecule has 3 rings (SSSR count). The second kappa shape index (κ2) is 6.29. The molecule has 0 aliphatic carbocycles. The van der Waals surface area contributed by atoms with E-state index >= 15 is 0 Å². The Labute approximate surface area is 121 Å². The summed E-state index contributed by atoms with van der Waals surface area (Å²) in [5, 5.41) is 0. The van der Waals surface area contributed by atoms with Crippen molar-refractivity contribution < 1.29 is 9.15 Å². The van der Waals surface area contributed by atoms with Crippen molar-refractivity contribution in [1.29, 1.82) is 0 Å². The second-order valence-corrected chi connectivity index (χ2v) is 6.15. The molecule has 0 unspecified atom stereocenters. The predicted molar refractivity (Wildman–Crippen MR) is 78.5 cm³/mol. The number of rotatable bonds is 4. The van der Waals surface area contributed by atoms with Crippen molar-refractivity contribution in [3.05, 3.63) is 24.2 Å². The summed E-state index contributed by atoms with van der Waals surface area (Å²) in [7, 11) is 2.20. The molecule has 20 heavy (non-hydrogen) atoms. The van der Waals surface area contributed by atoms with Crippen LogP contribution in [0.4, 0.5) is 0 Å². The predicted octanol–water partition coefficient (Wildman–Crippen LogP) is 2.21. The van der Waals surface area contributed by atoms with Gasteiger partial charge in [0.1, 0.15) is 5.76 Å². The average Bonchev–Trinajstić information content (AvgIpc) is 2.98. The van der Waals surface area contributed by atoms with E-state index in [0.717, 1.165) is 32.0 Å². The molecule has 1 aromatic rings. The number of hydrogen-bond donors (Lipinski definition) is 0. The van der Waals surface area contributed by atoms with Crippen LogP contribution >= 0.6 is 0 Å². The van der Waals surface area contributed by atoms with Crippen LogP contribution in [0.5, 0.6) is 0 Å². The van der Waals surface area contributed by atoms with Crippen LogP contribution < -0.4 is 0 Å². The van der Waals surface area contributed by atoms with Gasteiger partial charge in [0, 0.05) is 25.7 Å². The third-order valence-electron chi connectivity index (χ3n) is 4.81. The molecular weight excluding hydrogens is 252 g/mol. The van der Waals surface area contributed by atoms with Gasteiger partial charge in [0.2, 0.25) is 0 Å². The van der Waals surface area contributed by atoms with Gasteiger partial charge in [-0.15, -0.1) is 0 Å². The summed E-state index contributed by atoms with van der Waals surface area (Å²) in [5.41, 5.74) is 0. The summed E-state index contributed by atoms with van der Waals surface area (Å²) >= 11 is 0. The van der Waals surface area contributed by atoms with E-state index in [2.05, 4.69) is 29.8 Å². The van der Waals surface area contributed by atoms with Crippen LogP contribution in [0.1, 0.15) is 25.5 Å². The monoisotopic (exact) mass is 278 g/mol. The van der Waals surface area contributed by atoms with Gasteiger partial charge in [0.15, 0.2) is 0 Å². The molecule has 0 bridgehead atoms. The van der Waals surface area contributed by atoms with E-state index < -0.39 is 0 Å². The lowest BCUT2D eigenvalue weighted by atomic mass is 9.85. The third kappa shape index (κ3) is 2.92. The Balaban J connectivity index is 1.70. The van der Waals surface area contributed by atoms with Crippen LogP contribution in [0, 0.1) is 5.92 Å². The number of likely N-dealkylation sites (N-methyl/N-ethyl adjacent to an activating group) is 2. The molecule has 0 N–H and O–H groups in total. The van der Waals surface area contributed by atoms with Crippen LogP contribution in [0.2, 0.25) is 0 Å². The molecule has 3 heterocycles. The molecule has 0 amide bonds. The van der Waals surface area contributed by atoms with Crippen LogP contribution in [0.3, 0.4) is 0 Å². The largest absolute Gasteiger partial charge is 0.468 e. The maximum Gasteiger partial charge on any atom is 0.117 e. The third-order valence-corrected chi connectivity index (χ3v) is 4.81. The molecule has 4 heteroatoms. The van der Waals surface area contributed by atoms with E-state index in [9.17, 15) is 0 Å².